The van der Waals surface area contributed by atoms with Crippen molar-refractivity contribution in [3.05, 3.63) is 37.0 Å². The van der Waals surface area contributed by atoms with Gasteiger partial charge in [0, 0.05) is 5.75 Å². The van der Waals surface area contributed by atoms with Crippen LogP contribution in [0.2, 0.25) is 0 Å². The Morgan fingerprint density at radius 3 is 2.70 bits per heavy atom. The Kier molecular flexibility index (Phi) is 6.33. The van der Waals surface area contributed by atoms with Gasteiger partial charge in [-0.25, -0.2) is 0 Å². The Balaban J connectivity index is 3.70. The normalized spacial score (nSPS) is 11.1. The second-order valence-corrected chi connectivity index (χ2v) is 2.66. The van der Waals surface area contributed by atoms with Crippen LogP contribution in [-0.2, 0) is 0 Å². The Morgan fingerprint density at radius 2 is 2.30 bits per heavy atom. The van der Waals surface area contributed by atoms with Crippen molar-refractivity contribution in [3.63, 3.8) is 0 Å². The molecule has 0 heterocycles. The van der Waals surface area contributed by atoms with Gasteiger partial charge in [-0.05, 0) is 12.6 Å². The lowest BCUT2D eigenvalue weighted by atomic mass is 10.3. The minimum Gasteiger partial charge on any atom is -0.267 e. The maximum absolute atomic E-state index is 3.68. The second-order valence-electron chi connectivity index (χ2n) is 1.67. The highest BCUT2D eigenvalue weighted by Gasteiger charge is 1.87. The molecule has 0 aromatic carbocycles. The third kappa shape index (κ3) is 4.41. The first kappa shape index (κ1) is 9.53. The molecule has 10 heavy (non-hydrogen) atoms. The van der Waals surface area contributed by atoms with Gasteiger partial charge in [-0.1, -0.05) is 43.3 Å². The summed E-state index contributed by atoms with van der Waals surface area (Å²) in [5.74, 6) is 0.937. The molecule has 1 nitrogen and oxygen atoms in total. The van der Waals surface area contributed by atoms with Crippen LogP contribution in [0.5, 0.6) is 0 Å². The summed E-state index contributed by atoms with van der Waals surface area (Å²) < 4.78 is 2.98. The van der Waals surface area contributed by atoms with Crippen molar-refractivity contribution in [1.29, 1.82) is 0 Å². The van der Waals surface area contributed by atoms with E-state index in [9.17, 15) is 0 Å². The van der Waals surface area contributed by atoms with Crippen molar-refractivity contribution in [3.8, 4) is 0 Å². The smallest absolute Gasteiger partial charge is 0.0330 e. The van der Waals surface area contributed by atoms with Gasteiger partial charge in [0.2, 0.25) is 0 Å². The molecule has 2 heteroatoms. The SMILES string of the molecule is C=C/C=C(\C=C)CSNC. The molecule has 0 aromatic heterocycles. The maximum atomic E-state index is 3.68. The molecule has 0 aliphatic rings. The van der Waals surface area contributed by atoms with E-state index in [-0.39, 0.29) is 0 Å². The van der Waals surface area contributed by atoms with E-state index in [0.717, 1.165) is 5.75 Å². The largest absolute Gasteiger partial charge is 0.267 e. The van der Waals surface area contributed by atoms with Crippen LogP contribution in [0, 0.1) is 0 Å². The quantitative estimate of drug-likeness (QED) is 0.482. The van der Waals surface area contributed by atoms with Gasteiger partial charge in [-0.2, -0.15) is 0 Å². The van der Waals surface area contributed by atoms with Crippen molar-refractivity contribution in [2.24, 2.45) is 0 Å². The predicted octanol–water partition coefficient (Wildman–Crippen LogP) is 2.15. The first-order valence-corrected chi connectivity index (χ1v) is 4.06. The predicted molar refractivity (Wildman–Crippen MR) is 50.0 cm³/mol. The number of allylic oxidation sites excluding steroid dienone is 3. The summed E-state index contributed by atoms with van der Waals surface area (Å²) in [6, 6.07) is 0. The highest BCUT2D eigenvalue weighted by atomic mass is 32.2. The summed E-state index contributed by atoms with van der Waals surface area (Å²) in [6.45, 7) is 7.28. The van der Waals surface area contributed by atoms with E-state index in [0.29, 0.717) is 0 Å². The fourth-order valence-corrected chi connectivity index (χ4v) is 1.01. The van der Waals surface area contributed by atoms with Crippen molar-refractivity contribution < 1.29 is 0 Å². The zero-order valence-electron chi connectivity index (χ0n) is 6.26. The van der Waals surface area contributed by atoms with E-state index in [1.54, 1.807) is 18.0 Å². The zero-order valence-corrected chi connectivity index (χ0v) is 7.08. The van der Waals surface area contributed by atoms with Crippen LogP contribution in [0.1, 0.15) is 0 Å². The Labute approximate surface area is 67.0 Å². The van der Waals surface area contributed by atoms with E-state index in [2.05, 4.69) is 17.9 Å². The molecular formula is C8H13NS. The first-order chi connectivity index (χ1) is 4.85. The summed E-state index contributed by atoms with van der Waals surface area (Å²) in [4.78, 5) is 0. The Bertz CT molecular complexity index is 138. The average molecular weight is 155 g/mol. The summed E-state index contributed by atoms with van der Waals surface area (Å²) in [7, 11) is 1.90. The van der Waals surface area contributed by atoms with Crippen molar-refractivity contribution >= 4 is 11.9 Å². The van der Waals surface area contributed by atoms with Gasteiger partial charge in [-0.3, -0.25) is 4.72 Å². The molecule has 0 radical (unpaired) electrons. The lowest BCUT2D eigenvalue weighted by molar-refractivity contribution is 1.29. The van der Waals surface area contributed by atoms with E-state index < -0.39 is 0 Å². The van der Waals surface area contributed by atoms with Gasteiger partial charge in [0.15, 0.2) is 0 Å². The van der Waals surface area contributed by atoms with Gasteiger partial charge in [0.05, 0.1) is 0 Å². The summed E-state index contributed by atoms with van der Waals surface area (Å²) in [5.41, 5.74) is 1.19. The molecule has 0 aliphatic heterocycles. The van der Waals surface area contributed by atoms with E-state index in [1.165, 1.54) is 5.57 Å². The number of hydrogen-bond acceptors (Lipinski definition) is 2. The number of nitrogens with one attached hydrogen (secondary N) is 1. The molecule has 0 aliphatic carbocycles. The topological polar surface area (TPSA) is 12.0 Å². The monoisotopic (exact) mass is 155 g/mol. The van der Waals surface area contributed by atoms with Crippen LogP contribution < -0.4 is 4.72 Å². The van der Waals surface area contributed by atoms with Crippen LogP contribution in [0.25, 0.3) is 0 Å². The standard InChI is InChI=1S/C8H13NS/c1-4-6-8(5-2)7-10-9-3/h4-6,9H,1-2,7H2,3H3/b8-6+. The van der Waals surface area contributed by atoms with Crippen molar-refractivity contribution in [1.82, 2.24) is 4.72 Å². The molecule has 1 N–H and O–H groups in total. The molecule has 0 aromatic rings. The minimum atomic E-state index is 0.937. The number of rotatable bonds is 5. The summed E-state index contributed by atoms with van der Waals surface area (Å²) in [6.07, 6.45) is 5.57. The fourth-order valence-electron chi connectivity index (χ4n) is 0.482. The molecule has 56 valence electrons. The summed E-state index contributed by atoms with van der Waals surface area (Å²) >= 11 is 1.64. The van der Waals surface area contributed by atoms with Crippen LogP contribution in [0.3, 0.4) is 0 Å². The second kappa shape index (κ2) is 6.65. The minimum absolute atomic E-state index is 0.937. The lowest BCUT2D eigenvalue weighted by Crippen LogP contribution is -1.94. The third-order valence-electron chi connectivity index (χ3n) is 0.977. The molecule has 0 fully saturated rings. The molecular weight excluding hydrogens is 142 g/mol. The third-order valence-corrected chi connectivity index (χ3v) is 1.74. The van der Waals surface area contributed by atoms with Gasteiger partial charge in [0.1, 0.15) is 0 Å². The zero-order chi connectivity index (χ0) is 7.82. The van der Waals surface area contributed by atoms with Crippen LogP contribution in [-0.4, -0.2) is 12.8 Å². The van der Waals surface area contributed by atoms with Crippen molar-refractivity contribution in [2.45, 2.75) is 0 Å². The Hall–Kier alpha value is -0.470. The molecule has 0 saturated carbocycles. The van der Waals surface area contributed by atoms with Gasteiger partial charge >= 0.3 is 0 Å². The van der Waals surface area contributed by atoms with E-state index in [1.807, 2.05) is 19.2 Å². The van der Waals surface area contributed by atoms with E-state index in [4.69, 9.17) is 0 Å². The maximum Gasteiger partial charge on any atom is 0.0330 e. The molecule has 0 bridgehead atoms. The Morgan fingerprint density at radius 1 is 1.60 bits per heavy atom. The first-order valence-electron chi connectivity index (χ1n) is 3.07. The van der Waals surface area contributed by atoms with Crippen LogP contribution in [0.15, 0.2) is 37.0 Å². The van der Waals surface area contributed by atoms with Gasteiger partial charge in [-0.15, -0.1) is 0 Å². The molecule has 0 amide bonds. The molecule has 0 unspecified atom stereocenters. The van der Waals surface area contributed by atoms with E-state index >= 15 is 0 Å². The number of hydrogen-bond donors (Lipinski definition) is 1. The fraction of sp³-hybridized carbons (Fsp3) is 0.250. The van der Waals surface area contributed by atoms with Gasteiger partial charge < -0.3 is 0 Å². The molecule has 0 spiro atoms. The lowest BCUT2D eigenvalue weighted by Gasteiger charge is -1.97. The highest BCUT2D eigenvalue weighted by molar-refractivity contribution is 7.97. The molecule has 0 rings (SSSR count). The van der Waals surface area contributed by atoms with Crippen molar-refractivity contribution in [2.75, 3.05) is 12.8 Å². The van der Waals surface area contributed by atoms with Gasteiger partial charge in [0.25, 0.3) is 0 Å². The van der Waals surface area contributed by atoms with Crippen LogP contribution in [0.4, 0.5) is 0 Å². The molecule has 0 saturated heterocycles. The average Bonchev–Trinajstić information content (AvgIpc) is 1.98. The van der Waals surface area contributed by atoms with Crippen LogP contribution >= 0.6 is 11.9 Å². The molecule has 0 atom stereocenters. The highest BCUT2D eigenvalue weighted by Crippen LogP contribution is 2.03. The summed E-state index contributed by atoms with van der Waals surface area (Å²) in [5, 5.41) is 0.